The molecule has 18 heavy (non-hydrogen) atoms. The van der Waals surface area contributed by atoms with Crippen LogP contribution in [-0.2, 0) is 19.5 Å². The summed E-state index contributed by atoms with van der Waals surface area (Å²) in [6.45, 7) is 6.66. The van der Waals surface area contributed by atoms with Crippen LogP contribution in [0.15, 0.2) is 6.07 Å². The van der Waals surface area contributed by atoms with Gasteiger partial charge in [-0.1, -0.05) is 6.92 Å². The van der Waals surface area contributed by atoms with Gasteiger partial charge in [-0.25, -0.2) is 0 Å². The highest BCUT2D eigenvalue weighted by Crippen LogP contribution is 2.21. The zero-order chi connectivity index (χ0) is 13.8. The van der Waals surface area contributed by atoms with Gasteiger partial charge in [0, 0.05) is 19.1 Å². The summed E-state index contributed by atoms with van der Waals surface area (Å²) in [4.78, 5) is 0. The predicted octanol–water partition coefficient (Wildman–Crippen LogP) is 2.90. The van der Waals surface area contributed by atoms with E-state index >= 15 is 0 Å². The maximum Gasteiger partial charge on any atom is 0.390 e. The number of rotatable bonds is 6. The summed E-state index contributed by atoms with van der Waals surface area (Å²) in [5.41, 5.74) is 1.90. The summed E-state index contributed by atoms with van der Waals surface area (Å²) in [6.07, 6.45) is -4.10. The van der Waals surface area contributed by atoms with E-state index in [4.69, 9.17) is 0 Å². The zero-order valence-electron chi connectivity index (χ0n) is 11.0. The number of hydrogen-bond donors (Lipinski definition) is 1. The number of aromatic nitrogens is 2. The van der Waals surface area contributed by atoms with Crippen molar-refractivity contribution in [3.63, 3.8) is 0 Å². The van der Waals surface area contributed by atoms with Gasteiger partial charge in [-0.15, -0.1) is 0 Å². The summed E-state index contributed by atoms with van der Waals surface area (Å²) >= 11 is 0. The Kier molecular flexibility index (Phi) is 5.19. The molecule has 1 atom stereocenters. The molecule has 0 aromatic carbocycles. The van der Waals surface area contributed by atoms with Crippen molar-refractivity contribution in [3.8, 4) is 0 Å². The van der Waals surface area contributed by atoms with Crippen LogP contribution in [0.25, 0.3) is 0 Å². The average molecular weight is 263 g/mol. The van der Waals surface area contributed by atoms with E-state index < -0.39 is 18.6 Å². The molecule has 3 nitrogen and oxygen atoms in total. The molecule has 1 aromatic heterocycles. The fourth-order valence-corrected chi connectivity index (χ4v) is 1.80. The van der Waals surface area contributed by atoms with E-state index in [9.17, 15) is 13.2 Å². The quantitative estimate of drug-likeness (QED) is 0.855. The van der Waals surface area contributed by atoms with Gasteiger partial charge in [0.2, 0.25) is 0 Å². The van der Waals surface area contributed by atoms with Gasteiger partial charge in [-0.2, -0.15) is 18.3 Å². The summed E-state index contributed by atoms with van der Waals surface area (Å²) in [6, 6.07) is 1.35. The molecule has 0 radical (unpaired) electrons. The van der Waals surface area contributed by atoms with Crippen molar-refractivity contribution in [2.75, 3.05) is 0 Å². The van der Waals surface area contributed by atoms with Gasteiger partial charge in [0.25, 0.3) is 0 Å². The van der Waals surface area contributed by atoms with Crippen molar-refractivity contribution in [2.24, 2.45) is 0 Å². The highest BCUT2D eigenvalue weighted by Gasteiger charge is 2.29. The minimum absolute atomic E-state index is 0.415. The van der Waals surface area contributed by atoms with E-state index in [1.807, 2.05) is 24.6 Å². The molecule has 1 heterocycles. The zero-order valence-corrected chi connectivity index (χ0v) is 11.0. The molecule has 1 rings (SSSR count). The highest BCUT2D eigenvalue weighted by molar-refractivity contribution is 5.10. The Morgan fingerprint density at radius 1 is 1.39 bits per heavy atom. The molecule has 0 aliphatic rings. The number of aryl methyl sites for hydroxylation is 2. The van der Waals surface area contributed by atoms with E-state index in [0.717, 1.165) is 24.4 Å². The van der Waals surface area contributed by atoms with Crippen LogP contribution in [0.3, 0.4) is 0 Å². The summed E-state index contributed by atoms with van der Waals surface area (Å²) in [7, 11) is 0. The van der Waals surface area contributed by atoms with Crippen LogP contribution in [0.4, 0.5) is 13.2 Å². The largest absolute Gasteiger partial charge is 0.390 e. The smallest absolute Gasteiger partial charge is 0.308 e. The Hall–Kier alpha value is -1.04. The topological polar surface area (TPSA) is 29.9 Å². The van der Waals surface area contributed by atoms with E-state index in [1.54, 1.807) is 6.92 Å². The van der Waals surface area contributed by atoms with Gasteiger partial charge in [0.15, 0.2) is 0 Å². The lowest BCUT2D eigenvalue weighted by atomic mass is 10.2. The van der Waals surface area contributed by atoms with Gasteiger partial charge in [-0.05, 0) is 26.3 Å². The molecule has 104 valence electrons. The van der Waals surface area contributed by atoms with Crippen LogP contribution in [0, 0.1) is 0 Å². The molecule has 0 amide bonds. The Balaban J connectivity index is 2.54. The molecule has 1 N–H and O–H groups in total. The summed E-state index contributed by atoms with van der Waals surface area (Å²) in [5.74, 6) is 0. The molecule has 1 unspecified atom stereocenters. The van der Waals surface area contributed by atoms with Crippen molar-refractivity contribution < 1.29 is 13.2 Å². The average Bonchev–Trinajstić information content (AvgIpc) is 2.66. The minimum atomic E-state index is -4.12. The van der Waals surface area contributed by atoms with Crippen LogP contribution in [0.5, 0.6) is 0 Å². The Bertz CT molecular complexity index is 371. The van der Waals surface area contributed by atoms with Gasteiger partial charge in [-0.3, -0.25) is 4.68 Å². The fraction of sp³-hybridized carbons (Fsp3) is 0.750. The minimum Gasteiger partial charge on any atom is -0.308 e. The van der Waals surface area contributed by atoms with Crippen LogP contribution in [-0.4, -0.2) is 22.0 Å². The van der Waals surface area contributed by atoms with Crippen LogP contribution < -0.4 is 5.32 Å². The Labute approximate surface area is 105 Å². The van der Waals surface area contributed by atoms with Crippen molar-refractivity contribution in [2.45, 2.75) is 58.9 Å². The molecule has 0 saturated heterocycles. The lowest BCUT2D eigenvalue weighted by Crippen LogP contribution is -2.31. The maximum atomic E-state index is 12.2. The third-order valence-corrected chi connectivity index (χ3v) is 2.74. The first kappa shape index (κ1) is 15.0. The molecule has 0 aliphatic carbocycles. The predicted molar refractivity (Wildman–Crippen MR) is 64.3 cm³/mol. The van der Waals surface area contributed by atoms with Crippen molar-refractivity contribution >= 4 is 0 Å². The molecule has 0 spiro atoms. The number of hydrogen-bond acceptors (Lipinski definition) is 2. The molecule has 6 heteroatoms. The van der Waals surface area contributed by atoms with Gasteiger partial charge in [0.05, 0.1) is 17.8 Å². The maximum absolute atomic E-state index is 12.2. The molecule has 0 aliphatic heterocycles. The molecular weight excluding hydrogens is 243 g/mol. The van der Waals surface area contributed by atoms with Gasteiger partial charge < -0.3 is 5.32 Å². The molecular formula is C12H20F3N3. The number of nitrogens with zero attached hydrogens (tertiary/aromatic N) is 2. The monoisotopic (exact) mass is 263 g/mol. The van der Waals surface area contributed by atoms with E-state index in [2.05, 4.69) is 10.4 Å². The van der Waals surface area contributed by atoms with Crippen LogP contribution in [0.2, 0.25) is 0 Å². The van der Waals surface area contributed by atoms with Gasteiger partial charge >= 0.3 is 6.18 Å². The van der Waals surface area contributed by atoms with E-state index in [1.165, 1.54) is 0 Å². The highest BCUT2D eigenvalue weighted by atomic mass is 19.4. The summed E-state index contributed by atoms with van der Waals surface area (Å²) in [5, 5.41) is 7.24. The lowest BCUT2D eigenvalue weighted by Gasteiger charge is -2.16. The normalized spacial score (nSPS) is 13.9. The van der Waals surface area contributed by atoms with Gasteiger partial charge in [0.1, 0.15) is 0 Å². The molecule has 0 saturated carbocycles. The second kappa shape index (κ2) is 6.22. The number of alkyl halides is 3. The second-order valence-corrected chi connectivity index (χ2v) is 4.40. The first-order chi connectivity index (χ1) is 8.35. The first-order valence-electron chi connectivity index (χ1n) is 6.21. The SMILES string of the molecule is CCc1cc(CNC(C)CC(F)(F)F)n(CC)n1. The van der Waals surface area contributed by atoms with E-state index in [0.29, 0.717) is 6.54 Å². The number of halogens is 3. The summed E-state index contributed by atoms with van der Waals surface area (Å²) < 4.78 is 38.4. The van der Waals surface area contributed by atoms with Crippen LogP contribution in [0.1, 0.15) is 38.6 Å². The fourth-order valence-electron chi connectivity index (χ4n) is 1.80. The molecule has 1 aromatic rings. The molecule has 0 fully saturated rings. The third kappa shape index (κ3) is 4.68. The van der Waals surface area contributed by atoms with E-state index in [-0.39, 0.29) is 0 Å². The Morgan fingerprint density at radius 3 is 2.56 bits per heavy atom. The van der Waals surface area contributed by atoms with Crippen molar-refractivity contribution in [3.05, 3.63) is 17.5 Å². The second-order valence-electron chi connectivity index (χ2n) is 4.40. The Morgan fingerprint density at radius 2 is 2.06 bits per heavy atom. The lowest BCUT2D eigenvalue weighted by molar-refractivity contribution is -0.139. The third-order valence-electron chi connectivity index (χ3n) is 2.74. The van der Waals surface area contributed by atoms with Crippen molar-refractivity contribution in [1.29, 1.82) is 0 Å². The molecule has 0 bridgehead atoms. The van der Waals surface area contributed by atoms with Crippen LogP contribution >= 0.6 is 0 Å². The number of nitrogens with one attached hydrogen (secondary N) is 1. The first-order valence-corrected chi connectivity index (χ1v) is 6.21. The van der Waals surface area contributed by atoms with Crippen molar-refractivity contribution in [1.82, 2.24) is 15.1 Å². The standard InChI is InChI=1S/C12H20F3N3/c1-4-10-6-11(18(5-2)17-10)8-16-9(3)7-12(13,14)15/h6,9,16H,4-5,7-8H2,1-3H3.